The first-order valence-corrected chi connectivity index (χ1v) is 7.41. The van der Waals surface area contributed by atoms with E-state index in [0.717, 1.165) is 5.56 Å². The number of nitrogens with one attached hydrogen (secondary N) is 1. The zero-order valence-electron chi connectivity index (χ0n) is 12.9. The lowest BCUT2D eigenvalue weighted by Crippen LogP contribution is -2.30. The maximum atomic E-state index is 12.5. The monoisotopic (exact) mass is 308 g/mol. The molecule has 1 heterocycles. The molecule has 0 saturated carbocycles. The largest absolute Gasteiger partial charge is 0.326 e. The molecule has 0 aliphatic carbocycles. The molecule has 5 heteroatoms. The summed E-state index contributed by atoms with van der Waals surface area (Å²) < 4.78 is 0. The summed E-state index contributed by atoms with van der Waals surface area (Å²) in [6.45, 7) is 3.58. The molecular weight excluding hydrogens is 292 g/mol. The van der Waals surface area contributed by atoms with Crippen molar-refractivity contribution in [1.29, 1.82) is 0 Å². The minimum Gasteiger partial charge on any atom is -0.326 e. The van der Waals surface area contributed by atoms with Crippen LogP contribution >= 0.6 is 0 Å². The lowest BCUT2D eigenvalue weighted by Gasteiger charge is -2.17. The fourth-order valence-corrected chi connectivity index (χ4v) is 2.64. The van der Waals surface area contributed by atoms with Gasteiger partial charge in [0.05, 0.1) is 16.8 Å². The number of nitrogens with zero attached hydrogens (tertiary/aromatic N) is 1. The maximum Gasteiger partial charge on any atom is 0.266 e. The molecule has 0 unspecified atom stereocenters. The van der Waals surface area contributed by atoms with Gasteiger partial charge in [0.1, 0.15) is 0 Å². The highest BCUT2D eigenvalue weighted by Gasteiger charge is 2.36. The molecule has 0 saturated heterocycles. The van der Waals surface area contributed by atoms with Crippen LogP contribution < -0.4 is 10.2 Å². The van der Waals surface area contributed by atoms with Crippen molar-refractivity contribution in [3.8, 4) is 0 Å². The summed E-state index contributed by atoms with van der Waals surface area (Å²) in [7, 11) is 0. The van der Waals surface area contributed by atoms with E-state index < -0.39 is 0 Å². The predicted molar refractivity (Wildman–Crippen MR) is 87.7 cm³/mol. The van der Waals surface area contributed by atoms with E-state index in [1.807, 2.05) is 0 Å². The van der Waals surface area contributed by atoms with Gasteiger partial charge in [-0.05, 0) is 42.8 Å². The first kappa shape index (κ1) is 15.0. The van der Waals surface area contributed by atoms with Gasteiger partial charge >= 0.3 is 0 Å². The molecule has 2 aromatic rings. The van der Waals surface area contributed by atoms with Gasteiger partial charge in [0.2, 0.25) is 5.91 Å². The number of hydrogen-bond donors (Lipinski definition) is 1. The second-order valence-electron chi connectivity index (χ2n) is 5.39. The van der Waals surface area contributed by atoms with Crippen LogP contribution in [0.25, 0.3) is 0 Å². The van der Waals surface area contributed by atoms with Gasteiger partial charge in [0.15, 0.2) is 0 Å². The van der Waals surface area contributed by atoms with Crippen molar-refractivity contribution in [1.82, 2.24) is 0 Å². The molecule has 0 aromatic heterocycles. The highest BCUT2D eigenvalue weighted by Crippen LogP contribution is 2.31. The quantitative estimate of drug-likeness (QED) is 0.886. The number of carbonyl (C=O) groups excluding carboxylic acids is 3. The SMILES string of the molecule is CCC(=O)Nc1ccc(N2C(=O)c3ccccc3C2=O)c(C)c1. The van der Waals surface area contributed by atoms with Gasteiger partial charge in [-0.1, -0.05) is 19.1 Å². The molecule has 116 valence electrons. The number of carbonyl (C=O) groups is 3. The van der Waals surface area contributed by atoms with Crippen molar-refractivity contribution >= 4 is 29.1 Å². The fourth-order valence-electron chi connectivity index (χ4n) is 2.64. The van der Waals surface area contributed by atoms with Crippen LogP contribution in [0.3, 0.4) is 0 Å². The molecule has 0 bridgehead atoms. The molecule has 0 atom stereocenters. The zero-order valence-corrected chi connectivity index (χ0v) is 12.9. The van der Waals surface area contributed by atoms with E-state index in [1.165, 1.54) is 4.90 Å². The maximum absolute atomic E-state index is 12.5. The van der Waals surface area contributed by atoms with Gasteiger partial charge in [-0.3, -0.25) is 14.4 Å². The molecule has 2 aromatic carbocycles. The fraction of sp³-hybridized carbons (Fsp3) is 0.167. The number of benzene rings is 2. The van der Waals surface area contributed by atoms with Gasteiger partial charge in [0, 0.05) is 12.1 Å². The third-order valence-corrected chi connectivity index (χ3v) is 3.84. The second kappa shape index (κ2) is 5.68. The summed E-state index contributed by atoms with van der Waals surface area (Å²) in [5, 5.41) is 2.76. The molecule has 1 N–H and O–H groups in total. The van der Waals surface area contributed by atoms with Crippen molar-refractivity contribution in [3.05, 3.63) is 59.2 Å². The summed E-state index contributed by atoms with van der Waals surface area (Å²) in [6, 6.07) is 11.9. The van der Waals surface area contributed by atoms with Crippen LogP contribution in [0, 0.1) is 6.92 Å². The van der Waals surface area contributed by atoms with E-state index in [4.69, 9.17) is 0 Å². The van der Waals surface area contributed by atoms with Crippen LogP contribution in [0.5, 0.6) is 0 Å². The Bertz CT molecular complexity index is 792. The number of imide groups is 1. The second-order valence-corrected chi connectivity index (χ2v) is 5.39. The molecule has 23 heavy (non-hydrogen) atoms. The van der Waals surface area contributed by atoms with Crippen LogP contribution in [-0.4, -0.2) is 17.7 Å². The molecule has 1 aliphatic heterocycles. The van der Waals surface area contributed by atoms with E-state index in [9.17, 15) is 14.4 Å². The lowest BCUT2D eigenvalue weighted by atomic mass is 10.1. The van der Waals surface area contributed by atoms with Crippen LogP contribution in [0.15, 0.2) is 42.5 Å². The van der Waals surface area contributed by atoms with Crippen LogP contribution in [0.4, 0.5) is 11.4 Å². The summed E-state index contributed by atoms with van der Waals surface area (Å²) in [5.41, 5.74) is 2.76. The molecule has 0 spiro atoms. The number of rotatable bonds is 3. The van der Waals surface area contributed by atoms with Crippen molar-refractivity contribution in [2.45, 2.75) is 20.3 Å². The Morgan fingerprint density at radius 1 is 1.04 bits per heavy atom. The molecule has 0 fully saturated rings. The van der Waals surface area contributed by atoms with Crippen LogP contribution in [-0.2, 0) is 4.79 Å². The minimum absolute atomic E-state index is 0.0853. The third-order valence-electron chi connectivity index (χ3n) is 3.84. The van der Waals surface area contributed by atoms with E-state index in [2.05, 4.69) is 5.32 Å². The Balaban J connectivity index is 1.96. The number of hydrogen-bond acceptors (Lipinski definition) is 3. The molecular formula is C18H16N2O3. The molecule has 5 nitrogen and oxygen atoms in total. The first-order chi connectivity index (χ1) is 11.0. The summed E-state index contributed by atoms with van der Waals surface area (Å²) in [5.74, 6) is -0.726. The standard InChI is InChI=1S/C18H16N2O3/c1-3-16(21)19-12-8-9-15(11(2)10-12)20-17(22)13-6-4-5-7-14(13)18(20)23/h4-10H,3H2,1-2H3,(H,19,21). The Morgan fingerprint density at radius 2 is 1.65 bits per heavy atom. The molecule has 1 aliphatic rings. The normalized spacial score (nSPS) is 13.2. The minimum atomic E-state index is -0.320. The Morgan fingerprint density at radius 3 is 2.17 bits per heavy atom. The Labute approximate surface area is 133 Å². The third kappa shape index (κ3) is 2.50. The van der Waals surface area contributed by atoms with Crippen LogP contribution in [0.1, 0.15) is 39.6 Å². The average Bonchev–Trinajstić information content (AvgIpc) is 2.80. The van der Waals surface area contributed by atoms with E-state index in [0.29, 0.717) is 28.9 Å². The smallest absolute Gasteiger partial charge is 0.266 e. The summed E-state index contributed by atoms with van der Waals surface area (Å²) in [4.78, 5) is 37.7. The average molecular weight is 308 g/mol. The van der Waals surface area contributed by atoms with E-state index >= 15 is 0 Å². The molecule has 0 radical (unpaired) electrons. The number of fused-ring (bicyclic) bond motifs is 1. The van der Waals surface area contributed by atoms with Gasteiger partial charge in [0.25, 0.3) is 11.8 Å². The highest BCUT2D eigenvalue weighted by atomic mass is 16.2. The Hall–Kier alpha value is -2.95. The van der Waals surface area contributed by atoms with Gasteiger partial charge in [-0.25, -0.2) is 4.90 Å². The molecule has 3 amide bonds. The predicted octanol–water partition coefficient (Wildman–Crippen LogP) is 3.14. The van der Waals surface area contributed by atoms with E-state index in [-0.39, 0.29) is 17.7 Å². The lowest BCUT2D eigenvalue weighted by molar-refractivity contribution is -0.115. The first-order valence-electron chi connectivity index (χ1n) is 7.41. The van der Waals surface area contributed by atoms with Crippen molar-refractivity contribution < 1.29 is 14.4 Å². The highest BCUT2D eigenvalue weighted by molar-refractivity contribution is 6.34. The van der Waals surface area contributed by atoms with Crippen molar-refractivity contribution in [3.63, 3.8) is 0 Å². The van der Waals surface area contributed by atoms with Crippen molar-refractivity contribution in [2.75, 3.05) is 10.2 Å². The number of amides is 3. The van der Waals surface area contributed by atoms with Gasteiger partial charge in [-0.15, -0.1) is 0 Å². The van der Waals surface area contributed by atoms with Gasteiger partial charge in [-0.2, -0.15) is 0 Å². The Kier molecular flexibility index (Phi) is 3.70. The van der Waals surface area contributed by atoms with Crippen LogP contribution in [0.2, 0.25) is 0 Å². The zero-order chi connectivity index (χ0) is 16.6. The van der Waals surface area contributed by atoms with Gasteiger partial charge < -0.3 is 5.32 Å². The topological polar surface area (TPSA) is 66.5 Å². The molecule has 3 rings (SSSR count). The van der Waals surface area contributed by atoms with Crippen molar-refractivity contribution in [2.24, 2.45) is 0 Å². The summed E-state index contributed by atoms with van der Waals surface area (Å²) in [6.07, 6.45) is 0.388. The van der Waals surface area contributed by atoms with E-state index in [1.54, 1.807) is 56.3 Å². The number of anilines is 2. The number of aryl methyl sites for hydroxylation is 1. The summed E-state index contributed by atoms with van der Waals surface area (Å²) >= 11 is 0.